The standard InChI is InChI=1S/C23H17BrN2O4/c1-13-3-5-20-18(7-13)26-23(30-20)14-4-6-19(27-2)17(8-14)25-11-15-9-21-22(10-16(15)24)29-12-28-21/h3-11H,12H2,1-2H3. The van der Waals surface area contributed by atoms with Gasteiger partial charge in [-0.1, -0.05) is 6.07 Å². The molecule has 0 bridgehead atoms. The Morgan fingerprint density at radius 2 is 1.90 bits per heavy atom. The highest BCUT2D eigenvalue weighted by atomic mass is 79.9. The zero-order valence-corrected chi connectivity index (χ0v) is 17.9. The van der Waals surface area contributed by atoms with Gasteiger partial charge in [0.15, 0.2) is 17.1 Å². The first-order valence-corrected chi connectivity index (χ1v) is 10.1. The normalized spacial score (nSPS) is 12.8. The molecule has 0 saturated carbocycles. The summed E-state index contributed by atoms with van der Waals surface area (Å²) in [4.78, 5) is 9.26. The Morgan fingerprint density at radius 3 is 2.73 bits per heavy atom. The molecule has 0 N–H and O–H groups in total. The maximum atomic E-state index is 5.93. The van der Waals surface area contributed by atoms with Crippen molar-refractivity contribution in [2.45, 2.75) is 6.92 Å². The number of ether oxygens (including phenoxy) is 3. The van der Waals surface area contributed by atoms with E-state index in [0.29, 0.717) is 28.8 Å². The van der Waals surface area contributed by atoms with E-state index in [4.69, 9.17) is 18.6 Å². The van der Waals surface area contributed by atoms with Crippen LogP contribution in [-0.4, -0.2) is 25.1 Å². The summed E-state index contributed by atoms with van der Waals surface area (Å²) in [6.45, 7) is 2.25. The summed E-state index contributed by atoms with van der Waals surface area (Å²) in [5, 5.41) is 0. The molecule has 1 aliphatic heterocycles. The lowest BCUT2D eigenvalue weighted by Crippen LogP contribution is -1.92. The maximum absolute atomic E-state index is 5.93. The van der Waals surface area contributed by atoms with Crippen LogP contribution in [0.3, 0.4) is 0 Å². The van der Waals surface area contributed by atoms with Gasteiger partial charge < -0.3 is 18.6 Å². The van der Waals surface area contributed by atoms with Crippen molar-refractivity contribution in [3.8, 4) is 28.7 Å². The second-order valence-corrected chi connectivity index (χ2v) is 7.72. The fourth-order valence-corrected chi connectivity index (χ4v) is 3.68. The Kier molecular flexibility index (Phi) is 4.67. The van der Waals surface area contributed by atoms with Gasteiger partial charge in [-0.15, -0.1) is 0 Å². The van der Waals surface area contributed by atoms with Crippen LogP contribution in [-0.2, 0) is 0 Å². The molecule has 0 amide bonds. The molecule has 150 valence electrons. The highest BCUT2D eigenvalue weighted by molar-refractivity contribution is 9.10. The fraction of sp³-hybridized carbons (Fsp3) is 0.130. The van der Waals surface area contributed by atoms with Crippen molar-refractivity contribution >= 4 is 38.9 Å². The van der Waals surface area contributed by atoms with Gasteiger partial charge in [0, 0.05) is 21.8 Å². The fourth-order valence-electron chi connectivity index (χ4n) is 3.26. The second kappa shape index (κ2) is 7.50. The summed E-state index contributed by atoms with van der Waals surface area (Å²) in [6, 6.07) is 15.4. The Balaban J connectivity index is 1.52. The molecule has 2 heterocycles. The largest absolute Gasteiger partial charge is 0.494 e. The Labute approximate surface area is 181 Å². The van der Waals surface area contributed by atoms with E-state index in [1.54, 1.807) is 13.3 Å². The minimum absolute atomic E-state index is 0.224. The number of rotatable bonds is 4. The van der Waals surface area contributed by atoms with E-state index in [1.807, 2.05) is 55.5 Å². The molecule has 4 aromatic rings. The van der Waals surface area contributed by atoms with Crippen molar-refractivity contribution in [2.24, 2.45) is 4.99 Å². The highest BCUT2D eigenvalue weighted by Crippen LogP contribution is 2.37. The van der Waals surface area contributed by atoms with Crippen LogP contribution >= 0.6 is 15.9 Å². The second-order valence-electron chi connectivity index (χ2n) is 6.86. The van der Waals surface area contributed by atoms with Gasteiger partial charge in [0.05, 0.1) is 7.11 Å². The molecular formula is C23H17BrN2O4. The number of oxazole rings is 1. The lowest BCUT2D eigenvalue weighted by molar-refractivity contribution is 0.174. The van der Waals surface area contributed by atoms with Crippen LogP contribution in [0.2, 0.25) is 0 Å². The summed E-state index contributed by atoms with van der Waals surface area (Å²) in [7, 11) is 1.62. The van der Waals surface area contributed by atoms with Crippen molar-refractivity contribution in [1.29, 1.82) is 0 Å². The SMILES string of the molecule is COc1ccc(-c2nc3cc(C)ccc3o2)cc1N=Cc1cc2c(cc1Br)OCO2. The number of aryl methyl sites for hydroxylation is 1. The van der Waals surface area contributed by atoms with Gasteiger partial charge in [-0.05, 0) is 70.9 Å². The van der Waals surface area contributed by atoms with E-state index in [-0.39, 0.29) is 6.79 Å². The van der Waals surface area contributed by atoms with Gasteiger partial charge in [-0.25, -0.2) is 4.98 Å². The monoisotopic (exact) mass is 464 g/mol. The first-order chi connectivity index (χ1) is 14.6. The quantitative estimate of drug-likeness (QED) is 0.343. The number of nitrogens with zero attached hydrogens (tertiary/aromatic N) is 2. The summed E-state index contributed by atoms with van der Waals surface area (Å²) < 4.78 is 23.1. The number of hydrogen-bond donors (Lipinski definition) is 0. The van der Waals surface area contributed by atoms with Gasteiger partial charge in [-0.3, -0.25) is 4.99 Å². The van der Waals surface area contributed by atoms with E-state index in [0.717, 1.165) is 32.3 Å². The molecule has 0 radical (unpaired) electrons. The molecule has 0 fully saturated rings. The summed E-state index contributed by atoms with van der Waals surface area (Å²) in [5.41, 5.74) is 5.07. The summed E-state index contributed by atoms with van der Waals surface area (Å²) in [5.74, 6) is 2.60. The lowest BCUT2D eigenvalue weighted by atomic mass is 10.1. The van der Waals surface area contributed by atoms with Crippen LogP contribution in [0, 0.1) is 6.92 Å². The molecule has 0 spiro atoms. The van der Waals surface area contributed by atoms with Gasteiger partial charge in [-0.2, -0.15) is 0 Å². The number of methoxy groups -OCH3 is 1. The van der Waals surface area contributed by atoms with Gasteiger partial charge in [0.1, 0.15) is 17.0 Å². The van der Waals surface area contributed by atoms with Crippen LogP contribution in [0.4, 0.5) is 5.69 Å². The molecule has 3 aromatic carbocycles. The van der Waals surface area contributed by atoms with Crippen molar-refractivity contribution in [2.75, 3.05) is 13.9 Å². The topological polar surface area (TPSA) is 66.1 Å². The number of fused-ring (bicyclic) bond motifs is 2. The van der Waals surface area contributed by atoms with Crippen molar-refractivity contribution in [1.82, 2.24) is 4.98 Å². The number of aromatic nitrogens is 1. The van der Waals surface area contributed by atoms with E-state index in [2.05, 4.69) is 25.9 Å². The Bertz CT molecular complexity index is 1300. The average molecular weight is 465 g/mol. The van der Waals surface area contributed by atoms with E-state index < -0.39 is 0 Å². The molecule has 5 rings (SSSR count). The van der Waals surface area contributed by atoms with E-state index >= 15 is 0 Å². The third kappa shape index (κ3) is 3.41. The van der Waals surface area contributed by atoms with E-state index in [9.17, 15) is 0 Å². The van der Waals surface area contributed by atoms with Crippen LogP contribution in [0.1, 0.15) is 11.1 Å². The Morgan fingerprint density at radius 1 is 1.07 bits per heavy atom. The summed E-state index contributed by atoms with van der Waals surface area (Å²) in [6.07, 6.45) is 1.75. The average Bonchev–Trinajstić information content (AvgIpc) is 3.37. The van der Waals surface area contributed by atoms with Gasteiger partial charge >= 0.3 is 0 Å². The maximum Gasteiger partial charge on any atom is 0.231 e. The van der Waals surface area contributed by atoms with Gasteiger partial charge in [0.2, 0.25) is 12.7 Å². The zero-order valence-electron chi connectivity index (χ0n) is 16.3. The molecule has 6 nitrogen and oxygen atoms in total. The number of hydrogen-bond acceptors (Lipinski definition) is 6. The number of aliphatic imine (C=N–C) groups is 1. The molecule has 1 aliphatic rings. The predicted molar refractivity (Wildman–Crippen MR) is 118 cm³/mol. The van der Waals surface area contributed by atoms with Crippen LogP contribution < -0.4 is 14.2 Å². The predicted octanol–water partition coefficient (Wildman–Crippen LogP) is 6.05. The minimum Gasteiger partial charge on any atom is -0.494 e. The van der Waals surface area contributed by atoms with Crippen LogP contribution in [0.25, 0.3) is 22.6 Å². The van der Waals surface area contributed by atoms with Crippen LogP contribution in [0.5, 0.6) is 17.2 Å². The molecule has 0 saturated heterocycles. The van der Waals surface area contributed by atoms with E-state index in [1.165, 1.54) is 0 Å². The first kappa shape index (κ1) is 18.7. The Hall–Kier alpha value is -3.32. The smallest absolute Gasteiger partial charge is 0.231 e. The molecule has 1 aromatic heterocycles. The van der Waals surface area contributed by atoms with Crippen molar-refractivity contribution < 1.29 is 18.6 Å². The lowest BCUT2D eigenvalue weighted by Gasteiger charge is -2.06. The summed E-state index contributed by atoms with van der Waals surface area (Å²) >= 11 is 3.55. The third-order valence-corrected chi connectivity index (χ3v) is 5.49. The third-order valence-electron chi connectivity index (χ3n) is 4.80. The molecule has 7 heteroatoms. The zero-order chi connectivity index (χ0) is 20.7. The highest BCUT2D eigenvalue weighted by Gasteiger charge is 2.16. The number of benzene rings is 3. The number of halogens is 1. The molecule has 0 unspecified atom stereocenters. The molecule has 30 heavy (non-hydrogen) atoms. The minimum atomic E-state index is 0.224. The molecular weight excluding hydrogens is 448 g/mol. The van der Waals surface area contributed by atoms with Crippen molar-refractivity contribution in [3.63, 3.8) is 0 Å². The van der Waals surface area contributed by atoms with Gasteiger partial charge in [0.25, 0.3) is 0 Å². The molecule has 0 atom stereocenters. The van der Waals surface area contributed by atoms with Crippen LogP contribution in [0.15, 0.2) is 62.4 Å². The molecule has 0 aliphatic carbocycles. The first-order valence-electron chi connectivity index (χ1n) is 9.29. The van der Waals surface area contributed by atoms with Crippen molar-refractivity contribution in [3.05, 3.63) is 64.1 Å².